The van der Waals surface area contributed by atoms with Crippen LogP contribution in [-0.4, -0.2) is 50.2 Å². The minimum Gasteiger partial charge on any atom is -0.470 e. The zero-order valence-corrected chi connectivity index (χ0v) is 12.0. The average molecular weight is 312 g/mol. The van der Waals surface area contributed by atoms with Gasteiger partial charge in [0.15, 0.2) is 0 Å². The fraction of sp³-hybridized carbons (Fsp3) is 0.286. The predicted octanol–water partition coefficient (Wildman–Crippen LogP) is -0.275. The van der Waals surface area contributed by atoms with Crippen molar-refractivity contribution < 1.29 is 9.53 Å². The predicted molar refractivity (Wildman–Crippen MR) is 76.5 cm³/mol. The summed E-state index contributed by atoms with van der Waals surface area (Å²) in [6, 6.07) is 4.55. The maximum absolute atomic E-state index is 12.3. The van der Waals surface area contributed by atoms with Gasteiger partial charge in [0.1, 0.15) is 17.9 Å². The monoisotopic (exact) mass is 312 g/mol. The van der Waals surface area contributed by atoms with E-state index < -0.39 is 0 Å². The smallest absolute Gasteiger partial charge is 0.274 e. The minimum atomic E-state index is -0.365. The lowest BCUT2D eigenvalue weighted by Crippen LogP contribution is -2.32. The SMILES string of the molecule is N#Cc1nccnc1OC1CCN(C(=O)c2ccc(=O)[nH]n2)C1. The van der Waals surface area contributed by atoms with Gasteiger partial charge < -0.3 is 9.64 Å². The van der Waals surface area contributed by atoms with Gasteiger partial charge in [0.2, 0.25) is 5.69 Å². The molecule has 1 N–H and O–H groups in total. The number of nitriles is 1. The Hall–Kier alpha value is -3.28. The van der Waals surface area contributed by atoms with Gasteiger partial charge in [-0.25, -0.2) is 15.1 Å². The first-order valence-electron chi connectivity index (χ1n) is 6.90. The molecule has 1 fully saturated rings. The number of aromatic nitrogens is 4. The van der Waals surface area contributed by atoms with Crippen LogP contribution in [0.4, 0.5) is 0 Å². The molecule has 0 saturated carbocycles. The Balaban J connectivity index is 1.66. The lowest BCUT2D eigenvalue weighted by atomic mass is 10.3. The molecule has 9 heteroatoms. The zero-order valence-electron chi connectivity index (χ0n) is 12.0. The van der Waals surface area contributed by atoms with Crippen molar-refractivity contribution in [3.8, 4) is 11.9 Å². The molecule has 1 aliphatic rings. The summed E-state index contributed by atoms with van der Waals surface area (Å²) in [7, 11) is 0. The molecule has 1 saturated heterocycles. The Morgan fingerprint density at radius 3 is 2.96 bits per heavy atom. The number of nitrogens with zero attached hydrogens (tertiary/aromatic N) is 5. The maximum Gasteiger partial charge on any atom is 0.274 e. The standard InChI is InChI=1S/C14H12N6O3/c15-7-11-13(17-5-4-16-11)23-9-3-6-20(8-9)14(22)10-1-2-12(21)19-18-10/h1-2,4-5,9H,3,6,8H2,(H,19,21). The average Bonchev–Trinajstić information content (AvgIpc) is 3.04. The van der Waals surface area contributed by atoms with E-state index in [1.807, 2.05) is 6.07 Å². The van der Waals surface area contributed by atoms with E-state index in [1.165, 1.54) is 24.5 Å². The highest BCUT2D eigenvalue weighted by Crippen LogP contribution is 2.19. The van der Waals surface area contributed by atoms with Gasteiger partial charge in [-0.2, -0.15) is 10.4 Å². The van der Waals surface area contributed by atoms with Gasteiger partial charge >= 0.3 is 0 Å². The molecule has 23 heavy (non-hydrogen) atoms. The van der Waals surface area contributed by atoms with Crippen LogP contribution in [0.3, 0.4) is 0 Å². The normalized spacial score (nSPS) is 16.8. The first-order chi connectivity index (χ1) is 11.2. The van der Waals surface area contributed by atoms with Gasteiger partial charge in [0.05, 0.1) is 6.54 Å². The van der Waals surface area contributed by atoms with Crippen molar-refractivity contribution in [2.24, 2.45) is 0 Å². The summed E-state index contributed by atoms with van der Waals surface area (Å²) >= 11 is 0. The van der Waals surface area contributed by atoms with E-state index in [9.17, 15) is 9.59 Å². The van der Waals surface area contributed by atoms with Gasteiger partial charge in [-0.15, -0.1) is 0 Å². The number of ether oxygens (including phenoxy) is 1. The first kappa shape index (κ1) is 14.6. The van der Waals surface area contributed by atoms with Crippen LogP contribution < -0.4 is 10.3 Å². The highest BCUT2D eigenvalue weighted by Gasteiger charge is 2.29. The molecule has 0 bridgehead atoms. The molecule has 116 valence electrons. The van der Waals surface area contributed by atoms with Crippen LogP contribution in [0.25, 0.3) is 0 Å². The quantitative estimate of drug-likeness (QED) is 0.826. The molecule has 1 amide bonds. The van der Waals surface area contributed by atoms with Crippen LogP contribution in [0.2, 0.25) is 0 Å². The molecular weight excluding hydrogens is 300 g/mol. The second-order valence-electron chi connectivity index (χ2n) is 4.91. The lowest BCUT2D eigenvalue weighted by molar-refractivity contribution is 0.0764. The van der Waals surface area contributed by atoms with Crippen LogP contribution in [0.1, 0.15) is 22.6 Å². The Morgan fingerprint density at radius 2 is 2.22 bits per heavy atom. The third-order valence-electron chi connectivity index (χ3n) is 3.38. The Labute approximate surface area is 130 Å². The second-order valence-corrected chi connectivity index (χ2v) is 4.91. The molecule has 3 rings (SSSR count). The minimum absolute atomic E-state index is 0.111. The van der Waals surface area contributed by atoms with Crippen molar-refractivity contribution in [1.82, 2.24) is 25.1 Å². The second kappa shape index (κ2) is 6.23. The fourth-order valence-electron chi connectivity index (χ4n) is 2.28. The van der Waals surface area contributed by atoms with Crippen LogP contribution in [0.5, 0.6) is 5.88 Å². The van der Waals surface area contributed by atoms with Crippen molar-refractivity contribution >= 4 is 5.91 Å². The molecule has 0 spiro atoms. The van der Waals surface area contributed by atoms with Crippen LogP contribution >= 0.6 is 0 Å². The van der Waals surface area contributed by atoms with Crippen molar-refractivity contribution in [2.45, 2.75) is 12.5 Å². The Bertz CT molecular complexity index is 807. The van der Waals surface area contributed by atoms with Crippen molar-refractivity contribution in [3.63, 3.8) is 0 Å². The van der Waals surface area contributed by atoms with Gasteiger partial charge in [0.25, 0.3) is 17.3 Å². The summed E-state index contributed by atoms with van der Waals surface area (Å²) in [5.74, 6) is -0.122. The topological polar surface area (TPSA) is 125 Å². The molecule has 0 aliphatic carbocycles. The molecule has 0 radical (unpaired) electrons. The molecule has 0 aromatic carbocycles. The molecule has 2 aromatic heterocycles. The van der Waals surface area contributed by atoms with Crippen molar-refractivity contribution in [2.75, 3.05) is 13.1 Å². The third-order valence-corrected chi connectivity index (χ3v) is 3.38. The van der Waals surface area contributed by atoms with E-state index >= 15 is 0 Å². The summed E-state index contributed by atoms with van der Waals surface area (Å²) in [6.07, 6.45) is 3.19. The summed E-state index contributed by atoms with van der Waals surface area (Å²) in [4.78, 5) is 32.7. The third kappa shape index (κ3) is 3.16. The molecule has 1 atom stereocenters. The van der Waals surface area contributed by atoms with E-state index in [-0.39, 0.29) is 34.8 Å². The number of hydrogen-bond donors (Lipinski definition) is 1. The maximum atomic E-state index is 12.3. The number of nitrogens with one attached hydrogen (secondary N) is 1. The summed E-state index contributed by atoms with van der Waals surface area (Å²) in [5, 5.41) is 14.9. The van der Waals surface area contributed by atoms with Crippen molar-refractivity contribution in [1.29, 1.82) is 5.26 Å². The van der Waals surface area contributed by atoms with Gasteiger partial charge in [-0.3, -0.25) is 9.59 Å². The number of carbonyl (C=O) groups is 1. The van der Waals surface area contributed by atoms with E-state index in [4.69, 9.17) is 10.00 Å². The number of carbonyl (C=O) groups excluding carboxylic acids is 1. The first-order valence-corrected chi connectivity index (χ1v) is 6.90. The van der Waals surface area contributed by atoms with E-state index in [0.29, 0.717) is 19.5 Å². The van der Waals surface area contributed by atoms with Crippen LogP contribution in [0.15, 0.2) is 29.3 Å². The number of amides is 1. The number of rotatable bonds is 3. The highest BCUT2D eigenvalue weighted by molar-refractivity contribution is 5.92. The van der Waals surface area contributed by atoms with Crippen LogP contribution in [-0.2, 0) is 0 Å². The molecule has 1 unspecified atom stereocenters. The lowest BCUT2D eigenvalue weighted by Gasteiger charge is -2.16. The summed E-state index contributed by atoms with van der Waals surface area (Å²) < 4.78 is 5.66. The van der Waals surface area contributed by atoms with Crippen molar-refractivity contribution in [3.05, 3.63) is 46.3 Å². The highest BCUT2D eigenvalue weighted by atomic mass is 16.5. The van der Waals surface area contributed by atoms with Gasteiger partial charge in [-0.1, -0.05) is 0 Å². The summed E-state index contributed by atoms with van der Waals surface area (Å²) in [6.45, 7) is 0.841. The fourth-order valence-corrected chi connectivity index (χ4v) is 2.28. The van der Waals surface area contributed by atoms with Gasteiger partial charge in [0, 0.05) is 31.4 Å². The van der Waals surface area contributed by atoms with E-state index in [0.717, 1.165) is 0 Å². The molecule has 2 aromatic rings. The molecule has 1 aliphatic heterocycles. The summed E-state index contributed by atoms with van der Waals surface area (Å²) in [5.41, 5.74) is -0.0853. The molecule has 9 nitrogen and oxygen atoms in total. The number of aromatic amines is 1. The number of H-pyrrole nitrogens is 1. The van der Waals surface area contributed by atoms with E-state index in [2.05, 4.69) is 20.2 Å². The molecular formula is C14H12N6O3. The number of likely N-dealkylation sites (tertiary alicyclic amines) is 1. The Kier molecular flexibility index (Phi) is 3.97. The number of hydrogen-bond acceptors (Lipinski definition) is 7. The zero-order chi connectivity index (χ0) is 16.2. The Morgan fingerprint density at radius 1 is 1.39 bits per heavy atom. The van der Waals surface area contributed by atoms with E-state index in [1.54, 1.807) is 4.90 Å². The van der Waals surface area contributed by atoms with Crippen LogP contribution in [0, 0.1) is 11.3 Å². The van der Waals surface area contributed by atoms with Gasteiger partial charge in [-0.05, 0) is 6.07 Å². The largest absolute Gasteiger partial charge is 0.470 e. The molecule has 3 heterocycles.